The highest BCUT2D eigenvalue weighted by Gasteiger charge is 2.48. The molecule has 3 heterocycles. The Hall–Kier alpha value is -3.55. The summed E-state index contributed by atoms with van der Waals surface area (Å²) in [5, 5.41) is 11.3. The number of anilines is 2. The van der Waals surface area contributed by atoms with Gasteiger partial charge in [0.05, 0.1) is 24.1 Å². The molecule has 7 nitrogen and oxygen atoms in total. The van der Waals surface area contributed by atoms with Crippen molar-refractivity contribution in [3.05, 3.63) is 66.7 Å². The summed E-state index contributed by atoms with van der Waals surface area (Å²) < 4.78 is 19.7. The average Bonchev–Trinajstić information content (AvgIpc) is 3.16. The van der Waals surface area contributed by atoms with Crippen molar-refractivity contribution in [3.8, 4) is 11.3 Å². The van der Waals surface area contributed by atoms with E-state index in [1.807, 2.05) is 12.1 Å². The van der Waals surface area contributed by atoms with Crippen molar-refractivity contribution in [2.75, 3.05) is 23.3 Å². The van der Waals surface area contributed by atoms with Crippen LogP contribution in [0.25, 0.3) is 11.3 Å². The summed E-state index contributed by atoms with van der Waals surface area (Å²) in [6, 6.07) is 13.9. The Labute approximate surface area is 185 Å². The summed E-state index contributed by atoms with van der Waals surface area (Å²) in [6.07, 6.45) is 6.57. The second-order valence-corrected chi connectivity index (χ2v) is 8.46. The van der Waals surface area contributed by atoms with Crippen LogP contribution in [0, 0.1) is 11.7 Å². The summed E-state index contributed by atoms with van der Waals surface area (Å²) in [6.45, 7) is 1.34. The van der Waals surface area contributed by atoms with Crippen molar-refractivity contribution in [2.24, 2.45) is 5.92 Å². The van der Waals surface area contributed by atoms with Gasteiger partial charge in [-0.1, -0.05) is 12.1 Å². The van der Waals surface area contributed by atoms with E-state index < -0.39 is 5.60 Å². The van der Waals surface area contributed by atoms with Crippen LogP contribution in [0.5, 0.6) is 0 Å². The summed E-state index contributed by atoms with van der Waals surface area (Å²) in [7, 11) is 0. The fourth-order valence-electron chi connectivity index (χ4n) is 4.49. The van der Waals surface area contributed by atoms with Crippen LogP contribution in [0.1, 0.15) is 25.7 Å². The number of halogens is 1. The standard InChI is InChI=1S/C24H24FN5O2/c25-20-5-2-1-4-19(20)21-8-7-18(15-27-21)26-14-17-9-11-24(12-10-17)16-30(23(31)32-24)22-6-3-13-28-29-22/h1-8,13,15,17,26H,9-12,14,16H2/t17-,24-. The van der Waals surface area contributed by atoms with Crippen molar-refractivity contribution >= 4 is 17.6 Å². The lowest BCUT2D eigenvalue weighted by atomic mass is 9.78. The molecular weight excluding hydrogens is 409 g/mol. The van der Waals surface area contributed by atoms with E-state index in [1.165, 1.54) is 6.07 Å². The molecule has 2 fully saturated rings. The molecule has 0 unspecified atom stereocenters. The first-order valence-corrected chi connectivity index (χ1v) is 10.8. The predicted molar refractivity (Wildman–Crippen MR) is 119 cm³/mol. The van der Waals surface area contributed by atoms with E-state index in [2.05, 4.69) is 20.5 Å². The van der Waals surface area contributed by atoms with Crippen LogP contribution in [-0.4, -0.2) is 40.0 Å². The van der Waals surface area contributed by atoms with Gasteiger partial charge in [-0.3, -0.25) is 9.88 Å². The average molecular weight is 433 g/mol. The first-order valence-electron chi connectivity index (χ1n) is 10.8. The Morgan fingerprint density at radius 3 is 2.69 bits per heavy atom. The Morgan fingerprint density at radius 2 is 1.97 bits per heavy atom. The van der Waals surface area contributed by atoms with Gasteiger partial charge in [0.2, 0.25) is 0 Å². The molecule has 1 amide bonds. The van der Waals surface area contributed by atoms with Gasteiger partial charge >= 0.3 is 6.09 Å². The van der Waals surface area contributed by atoms with Gasteiger partial charge in [-0.15, -0.1) is 5.10 Å². The number of carbonyl (C=O) groups is 1. The molecule has 1 saturated carbocycles. The summed E-state index contributed by atoms with van der Waals surface area (Å²) in [4.78, 5) is 18.4. The summed E-state index contributed by atoms with van der Waals surface area (Å²) >= 11 is 0. The predicted octanol–water partition coefficient (Wildman–Crippen LogP) is 4.68. The number of hydrogen-bond donors (Lipinski definition) is 1. The number of hydrogen-bond acceptors (Lipinski definition) is 6. The first kappa shape index (κ1) is 20.4. The topological polar surface area (TPSA) is 80.2 Å². The van der Waals surface area contributed by atoms with Crippen molar-refractivity contribution in [1.29, 1.82) is 0 Å². The fourth-order valence-corrected chi connectivity index (χ4v) is 4.49. The van der Waals surface area contributed by atoms with E-state index in [4.69, 9.17) is 4.74 Å². The van der Waals surface area contributed by atoms with E-state index in [-0.39, 0.29) is 11.9 Å². The minimum atomic E-state index is -0.436. The molecule has 1 aliphatic carbocycles. The molecule has 1 aromatic carbocycles. The highest BCUT2D eigenvalue weighted by Crippen LogP contribution is 2.40. The zero-order valence-electron chi connectivity index (χ0n) is 17.6. The van der Waals surface area contributed by atoms with E-state index in [9.17, 15) is 9.18 Å². The third-order valence-corrected chi connectivity index (χ3v) is 6.33. The van der Waals surface area contributed by atoms with Crippen LogP contribution in [0.15, 0.2) is 60.9 Å². The van der Waals surface area contributed by atoms with E-state index >= 15 is 0 Å². The maximum atomic E-state index is 13.9. The number of aromatic nitrogens is 3. The molecule has 8 heteroatoms. The second-order valence-electron chi connectivity index (χ2n) is 8.46. The van der Waals surface area contributed by atoms with Gasteiger partial charge in [0.1, 0.15) is 11.4 Å². The zero-order valence-corrected chi connectivity index (χ0v) is 17.6. The summed E-state index contributed by atoms with van der Waals surface area (Å²) in [5.41, 5.74) is 1.59. The Balaban J connectivity index is 1.14. The second kappa shape index (κ2) is 8.53. The summed E-state index contributed by atoms with van der Waals surface area (Å²) in [5.74, 6) is 0.739. The van der Waals surface area contributed by atoms with E-state index in [1.54, 1.807) is 47.6 Å². The molecule has 1 aliphatic heterocycles. The molecule has 0 radical (unpaired) electrons. The zero-order chi connectivity index (χ0) is 22.0. The van der Waals surface area contributed by atoms with Crippen molar-refractivity contribution in [1.82, 2.24) is 15.2 Å². The molecule has 3 aromatic rings. The highest BCUT2D eigenvalue weighted by molar-refractivity contribution is 5.89. The van der Waals surface area contributed by atoms with Gasteiger partial charge in [0.15, 0.2) is 5.82 Å². The molecule has 1 N–H and O–H groups in total. The van der Waals surface area contributed by atoms with Crippen LogP contribution in [0.2, 0.25) is 0 Å². The number of ether oxygens (including phenoxy) is 1. The van der Waals surface area contributed by atoms with Gasteiger partial charge in [0.25, 0.3) is 0 Å². The maximum absolute atomic E-state index is 13.9. The van der Waals surface area contributed by atoms with Gasteiger partial charge in [-0.05, 0) is 68.0 Å². The highest BCUT2D eigenvalue weighted by atomic mass is 19.1. The monoisotopic (exact) mass is 433 g/mol. The van der Waals surface area contributed by atoms with Gasteiger partial charge in [-0.2, -0.15) is 5.10 Å². The molecule has 32 heavy (non-hydrogen) atoms. The third kappa shape index (κ3) is 4.12. The molecule has 1 spiro atoms. The van der Waals surface area contributed by atoms with E-state index in [0.29, 0.717) is 29.5 Å². The smallest absolute Gasteiger partial charge is 0.416 e. The number of carbonyl (C=O) groups excluding carboxylic acids is 1. The number of rotatable bonds is 5. The molecule has 2 aliphatic rings. The normalized spacial score (nSPS) is 22.7. The maximum Gasteiger partial charge on any atom is 0.416 e. The fraction of sp³-hybridized carbons (Fsp3) is 0.333. The number of pyridine rings is 1. The number of nitrogens with zero attached hydrogens (tertiary/aromatic N) is 4. The largest absolute Gasteiger partial charge is 0.441 e. The lowest BCUT2D eigenvalue weighted by Crippen LogP contribution is -2.39. The quantitative estimate of drug-likeness (QED) is 0.630. The van der Waals surface area contributed by atoms with Crippen LogP contribution in [0.4, 0.5) is 20.7 Å². The number of benzene rings is 1. The van der Waals surface area contributed by atoms with Gasteiger partial charge < -0.3 is 10.1 Å². The minimum absolute atomic E-state index is 0.276. The molecule has 1 saturated heterocycles. The molecule has 5 rings (SSSR count). The Bertz CT molecular complexity index is 1090. The lowest BCUT2D eigenvalue weighted by Gasteiger charge is -2.35. The van der Waals surface area contributed by atoms with E-state index in [0.717, 1.165) is 37.9 Å². The Kier molecular flexibility index (Phi) is 5.43. The number of nitrogens with one attached hydrogen (secondary N) is 1. The SMILES string of the molecule is O=C1O[C@]2(CC[C@H](CNc3ccc(-c4ccccc4F)nc3)CC2)CN1c1cccnn1. The molecule has 164 valence electrons. The lowest BCUT2D eigenvalue weighted by molar-refractivity contribution is 0.0148. The van der Waals surface area contributed by atoms with Crippen LogP contribution in [-0.2, 0) is 4.74 Å². The van der Waals surface area contributed by atoms with Crippen molar-refractivity contribution in [2.45, 2.75) is 31.3 Å². The molecule has 0 bridgehead atoms. The van der Waals surface area contributed by atoms with Crippen molar-refractivity contribution in [3.63, 3.8) is 0 Å². The van der Waals surface area contributed by atoms with Crippen LogP contribution < -0.4 is 10.2 Å². The van der Waals surface area contributed by atoms with Gasteiger partial charge in [0, 0.05) is 18.3 Å². The van der Waals surface area contributed by atoms with Crippen LogP contribution in [0.3, 0.4) is 0 Å². The van der Waals surface area contributed by atoms with Crippen LogP contribution >= 0.6 is 0 Å². The molecule has 2 aromatic heterocycles. The Morgan fingerprint density at radius 1 is 1.12 bits per heavy atom. The molecule has 0 atom stereocenters. The van der Waals surface area contributed by atoms with Crippen molar-refractivity contribution < 1.29 is 13.9 Å². The molecular formula is C24H24FN5O2. The minimum Gasteiger partial charge on any atom is -0.441 e. The van der Waals surface area contributed by atoms with Gasteiger partial charge in [-0.25, -0.2) is 9.18 Å². The number of amides is 1. The third-order valence-electron chi connectivity index (χ3n) is 6.33. The first-order chi connectivity index (χ1) is 15.6.